The Kier molecular flexibility index (Phi) is 2.56. The highest BCUT2D eigenvalue weighted by Gasteiger charge is 2.16. The second-order valence-corrected chi connectivity index (χ2v) is 4.28. The summed E-state index contributed by atoms with van der Waals surface area (Å²) in [5, 5.41) is 13.3. The smallest absolute Gasteiger partial charge is 0.323 e. The number of hydrogen-bond acceptors (Lipinski definition) is 3. The van der Waals surface area contributed by atoms with Gasteiger partial charge in [0.25, 0.3) is 0 Å². The lowest BCUT2D eigenvalue weighted by Gasteiger charge is -2.03. The number of hydrogen-bond donors (Lipinski definition) is 1. The summed E-state index contributed by atoms with van der Waals surface area (Å²) in [4.78, 5) is 15.5. The average molecular weight is 256 g/mol. The normalized spacial score (nSPS) is 11.0. The Morgan fingerprint density at radius 3 is 2.79 bits per heavy atom. The number of aliphatic carboxylic acids is 1. The van der Waals surface area contributed by atoms with Gasteiger partial charge < -0.3 is 9.67 Å². The molecule has 3 aromatic rings. The van der Waals surface area contributed by atoms with Gasteiger partial charge in [-0.05, 0) is 18.2 Å². The minimum Gasteiger partial charge on any atom is -0.480 e. The fourth-order valence-electron chi connectivity index (χ4n) is 2.10. The molecular formula is C13H12N4O2. The molecule has 2 aromatic heterocycles. The molecule has 19 heavy (non-hydrogen) atoms. The van der Waals surface area contributed by atoms with E-state index < -0.39 is 5.97 Å². The van der Waals surface area contributed by atoms with Crippen molar-refractivity contribution in [1.82, 2.24) is 19.3 Å². The number of imidazole rings is 1. The van der Waals surface area contributed by atoms with Crippen molar-refractivity contribution in [3.8, 4) is 11.5 Å². The zero-order chi connectivity index (χ0) is 13.4. The van der Waals surface area contributed by atoms with Crippen molar-refractivity contribution in [2.75, 3.05) is 0 Å². The molecule has 0 saturated heterocycles. The van der Waals surface area contributed by atoms with Gasteiger partial charge >= 0.3 is 5.97 Å². The molecule has 0 spiro atoms. The fourth-order valence-corrected chi connectivity index (χ4v) is 2.10. The van der Waals surface area contributed by atoms with Crippen molar-refractivity contribution < 1.29 is 9.90 Å². The second-order valence-electron chi connectivity index (χ2n) is 4.28. The summed E-state index contributed by atoms with van der Waals surface area (Å²) < 4.78 is 3.33. The Labute approximate surface area is 108 Å². The van der Waals surface area contributed by atoms with Crippen LogP contribution < -0.4 is 0 Å². The van der Waals surface area contributed by atoms with Crippen LogP contribution in [0.2, 0.25) is 0 Å². The zero-order valence-corrected chi connectivity index (χ0v) is 10.3. The van der Waals surface area contributed by atoms with E-state index in [0.717, 1.165) is 11.0 Å². The summed E-state index contributed by atoms with van der Waals surface area (Å²) in [7, 11) is 1.81. The van der Waals surface area contributed by atoms with E-state index in [0.29, 0.717) is 11.5 Å². The predicted octanol–water partition coefficient (Wildman–Crippen LogP) is 1.52. The molecule has 96 valence electrons. The fraction of sp³-hybridized carbons (Fsp3) is 0.154. The van der Waals surface area contributed by atoms with Crippen LogP contribution in [-0.2, 0) is 18.4 Å². The van der Waals surface area contributed by atoms with Crippen LogP contribution >= 0.6 is 0 Å². The molecule has 0 fully saturated rings. The van der Waals surface area contributed by atoms with E-state index in [2.05, 4.69) is 10.1 Å². The largest absolute Gasteiger partial charge is 0.480 e. The van der Waals surface area contributed by atoms with E-state index in [9.17, 15) is 4.79 Å². The highest BCUT2D eigenvalue weighted by molar-refractivity contribution is 5.82. The van der Waals surface area contributed by atoms with Crippen LogP contribution in [0.5, 0.6) is 0 Å². The summed E-state index contributed by atoms with van der Waals surface area (Å²) in [6.07, 6.45) is 1.81. The van der Waals surface area contributed by atoms with Crippen LogP contribution in [0.4, 0.5) is 0 Å². The number of benzene rings is 1. The first-order chi connectivity index (χ1) is 9.15. The van der Waals surface area contributed by atoms with Gasteiger partial charge in [0.2, 0.25) is 0 Å². The molecule has 0 amide bonds. The van der Waals surface area contributed by atoms with Crippen molar-refractivity contribution in [1.29, 1.82) is 0 Å². The number of carbonyl (C=O) groups is 1. The third-order valence-corrected chi connectivity index (χ3v) is 2.89. The predicted molar refractivity (Wildman–Crippen MR) is 69.6 cm³/mol. The number of aromatic nitrogens is 4. The van der Waals surface area contributed by atoms with Crippen LogP contribution in [0, 0.1) is 0 Å². The summed E-state index contributed by atoms with van der Waals surface area (Å²) in [6, 6.07) is 9.28. The number of rotatable bonds is 3. The highest BCUT2D eigenvalue weighted by atomic mass is 16.4. The standard InChI is InChI=1S/C13H12N4O2/c1-16-7-6-10(15-16)13-14-9-4-2-3-5-11(9)17(13)8-12(18)19/h2-7H,8H2,1H3,(H,18,19). The SMILES string of the molecule is Cn1ccc(-c2nc3ccccc3n2CC(=O)O)n1. The molecule has 0 radical (unpaired) electrons. The zero-order valence-electron chi connectivity index (χ0n) is 10.3. The van der Waals surface area contributed by atoms with Crippen molar-refractivity contribution in [3.05, 3.63) is 36.5 Å². The highest BCUT2D eigenvalue weighted by Crippen LogP contribution is 2.23. The Morgan fingerprint density at radius 1 is 1.32 bits per heavy atom. The number of fused-ring (bicyclic) bond motifs is 1. The molecule has 6 nitrogen and oxygen atoms in total. The van der Waals surface area contributed by atoms with Crippen molar-refractivity contribution >= 4 is 17.0 Å². The van der Waals surface area contributed by atoms with Gasteiger partial charge in [0.15, 0.2) is 5.82 Å². The van der Waals surface area contributed by atoms with E-state index in [1.165, 1.54) is 0 Å². The molecule has 0 saturated carbocycles. The van der Waals surface area contributed by atoms with Crippen LogP contribution in [-0.4, -0.2) is 30.4 Å². The average Bonchev–Trinajstić information content (AvgIpc) is 2.94. The Hall–Kier alpha value is -2.63. The molecule has 6 heteroatoms. The molecule has 0 aliphatic rings. The van der Waals surface area contributed by atoms with Crippen LogP contribution in [0.1, 0.15) is 0 Å². The topological polar surface area (TPSA) is 72.9 Å². The van der Waals surface area contributed by atoms with E-state index in [1.807, 2.05) is 37.4 Å². The molecular weight excluding hydrogens is 244 g/mol. The summed E-state index contributed by atoms with van der Waals surface area (Å²) in [5.74, 6) is -0.329. The quantitative estimate of drug-likeness (QED) is 0.771. The Morgan fingerprint density at radius 2 is 2.11 bits per heavy atom. The minimum atomic E-state index is -0.902. The van der Waals surface area contributed by atoms with E-state index in [-0.39, 0.29) is 6.54 Å². The number of aryl methyl sites for hydroxylation is 1. The molecule has 2 heterocycles. The molecule has 1 aromatic carbocycles. The van der Waals surface area contributed by atoms with Crippen LogP contribution in [0.15, 0.2) is 36.5 Å². The number of carboxylic acids is 1. The summed E-state index contributed by atoms with van der Waals surface area (Å²) in [6.45, 7) is -0.133. The van der Waals surface area contributed by atoms with Gasteiger partial charge in [-0.25, -0.2) is 4.98 Å². The Bertz CT molecular complexity index is 757. The van der Waals surface area contributed by atoms with E-state index >= 15 is 0 Å². The van der Waals surface area contributed by atoms with Crippen molar-refractivity contribution in [2.24, 2.45) is 7.05 Å². The Balaban J connectivity index is 2.25. The third-order valence-electron chi connectivity index (χ3n) is 2.89. The van der Waals surface area contributed by atoms with Crippen molar-refractivity contribution in [2.45, 2.75) is 6.54 Å². The lowest BCUT2D eigenvalue weighted by molar-refractivity contribution is -0.137. The first kappa shape index (κ1) is 11.5. The molecule has 3 rings (SSSR count). The lowest BCUT2D eigenvalue weighted by Crippen LogP contribution is -2.10. The summed E-state index contributed by atoms with van der Waals surface area (Å²) in [5.41, 5.74) is 2.23. The van der Waals surface area contributed by atoms with Crippen molar-refractivity contribution in [3.63, 3.8) is 0 Å². The molecule has 0 bridgehead atoms. The van der Waals surface area contributed by atoms with Gasteiger partial charge in [-0.3, -0.25) is 9.48 Å². The molecule has 0 aliphatic heterocycles. The maximum Gasteiger partial charge on any atom is 0.323 e. The first-order valence-electron chi connectivity index (χ1n) is 5.82. The van der Waals surface area contributed by atoms with Gasteiger partial charge in [0, 0.05) is 13.2 Å². The van der Waals surface area contributed by atoms with Gasteiger partial charge in [-0.1, -0.05) is 12.1 Å². The number of nitrogens with zero attached hydrogens (tertiary/aromatic N) is 4. The number of carboxylic acid groups (broad SMARTS) is 1. The minimum absolute atomic E-state index is 0.133. The van der Waals surface area contributed by atoms with E-state index in [1.54, 1.807) is 15.4 Å². The van der Waals surface area contributed by atoms with Gasteiger partial charge in [-0.2, -0.15) is 5.10 Å². The van der Waals surface area contributed by atoms with E-state index in [4.69, 9.17) is 5.11 Å². The number of para-hydroxylation sites is 2. The van der Waals surface area contributed by atoms with Crippen LogP contribution in [0.25, 0.3) is 22.6 Å². The van der Waals surface area contributed by atoms with Gasteiger partial charge in [-0.15, -0.1) is 0 Å². The maximum atomic E-state index is 11.0. The van der Waals surface area contributed by atoms with Gasteiger partial charge in [0.1, 0.15) is 12.2 Å². The molecule has 1 N–H and O–H groups in total. The van der Waals surface area contributed by atoms with Gasteiger partial charge in [0.05, 0.1) is 11.0 Å². The van der Waals surface area contributed by atoms with Crippen LogP contribution in [0.3, 0.4) is 0 Å². The molecule has 0 aliphatic carbocycles. The third kappa shape index (κ3) is 1.97. The first-order valence-corrected chi connectivity index (χ1v) is 5.82. The summed E-state index contributed by atoms with van der Waals surface area (Å²) >= 11 is 0. The maximum absolute atomic E-state index is 11.0. The lowest BCUT2D eigenvalue weighted by atomic mass is 10.3. The second kappa shape index (κ2) is 4.24. The molecule has 0 unspecified atom stereocenters. The monoisotopic (exact) mass is 256 g/mol. The molecule has 0 atom stereocenters.